The fraction of sp³-hybridized carbons (Fsp3) is 0.467. The summed E-state index contributed by atoms with van der Waals surface area (Å²) in [6, 6.07) is 4.76. The van der Waals surface area contributed by atoms with Gasteiger partial charge in [0.2, 0.25) is 11.8 Å². The number of benzene rings is 1. The highest BCUT2D eigenvalue weighted by Gasteiger charge is 2.42. The molecule has 0 aromatic heterocycles. The van der Waals surface area contributed by atoms with Crippen LogP contribution in [0.5, 0.6) is 0 Å². The van der Waals surface area contributed by atoms with Crippen LogP contribution in [-0.4, -0.2) is 23.9 Å². The van der Waals surface area contributed by atoms with Crippen LogP contribution in [0.4, 0.5) is 15.8 Å². The van der Waals surface area contributed by atoms with E-state index in [1.54, 1.807) is 0 Å². The van der Waals surface area contributed by atoms with Crippen molar-refractivity contribution in [3.8, 4) is 0 Å². The van der Waals surface area contributed by atoms with E-state index in [4.69, 9.17) is 0 Å². The van der Waals surface area contributed by atoms with Crippen molar-refractivity contribution in [3.63, 3.8) is 0 Å². The van der Waals surface area contributed by atoms with E-state index in [0.717, 1.165) is 19.3 Å². The highest BCUT2D eigenvalue weighted by atomic mass is 19.1. The van der Waals surface area contributed by atoms with Gasteiger partial charge in [0.1, 0.15) is 5.82 Å². The Labute approximate surface area is 122 Å². The average Bonchev–Trinajstić information content (AvgIpc) is 3.04. The second kappa shape index (κ2) is 5.44. The molecular formula is C15H18FN3O2. The van der Waals surface area contributed by atoms with Crippen molar-refractivity contribution in [1.29, 1.82) is 0 Å². The molecule has 3 unspecified atom stereocenters. The SMILES string of the molecule is CC(=O)Nc1ccc(F)c(NC(=O)C2CC3CCC2N3)c1. The van der Waals surface area contributed by atoms with Gasteiger partial charge in [-0.2, -0.15) is 0 Å². The second-order valence-corrected chi connectivity index (χ2v) is 5.75. The molecule has 3 rings (SSSR count). The molecule has 21 heavy (non-hydrogen) atoms. The molecule has 1 aromatic rings. The predicted molar refractivity (Wildman–Crippen MR) is 77.4 cm³/mol. The maximum absolute atomic E-state index is 13.8. The summed E-state index contributed by atoms with van der Waals surface area (Å²) in [5.41, 5.74) is 0.569. The first-order valence-electron chi connectivity index (χ1n) is 7.17. The van der Waals surface area contributed by atoms with Crippen LogP contribution in [0.3, 0.4) is 0 Å². The van der Waals surface area contributed by atoms with Crippen LogP contribution in [0.2, 0.25) is 0 Å². The largest absolute Gasteiger partial charge is 0.326 e. The normalized spacial score (nSPS) is 26.7. The Morgan fingerprint density at radius 3 is 2.71 bits per heavy atom. The summed E-state index contributed by atoms with van der Waals surface area (Å²) in [5, 5.41) is 8.60. The van der Waals surface area contributed by atoms with Gasteiger partial charge in [-0.1, -0.05) is 0 Å². The van der Waals surface area contributed by atoms with Crippen molar-refractivity contribution in [1.82, 2.24) is 5.32 Å². The molecule has 3 N–H and O–H groups in total. The molecule has 0 aliphatic carbocycles. The van der Waals surface area contributed by atoms with Gasteiger partial charge in [0.15, 0.2) is 0 Å². The Bertz CT molecular complexity index is 590. The number of hydrogen-bond acceptors (Lipinski definition) is 3. The molecule has 5 nitrogen and oxygen atoms in total. The number of carbonyl (C=O) groups is 2. The molecule has 2 heterocycles. The van der Waals surface area contributed by atoms with Gasteiger partial charge in [-0.25, -0.2) is 4.39 Å². The van der Waals surface area contributed by atoms with E-state index in [0.29, 0.717) is 11.7 Å². The van der Waals surface area contributed by atoms with Crippen LogP contribution < -0.4 is 16.0 Å². The van der Waals surface area contributed by atoms with E-state index in [1.165, 1.54) is 25.1 Å². The zero-order chi connectivity index (χ0) is 15.0. The van der Waals surface area contributed by atoms with Crippen LogP contribution >= 0.6 is 0 Å². The molecular weight excluding hydrogens is 273 g/mol. The Hall–Kier alpha value is -1.95. The van der Waals surface area contributed by atoms with Gasteiger partial charge in [-0.05, 0) is 37.5 Å². The monoisotopic (exact) mass is 291 g/mol. The predicted octanol–water partition coefficient (Wildman–Crippen LogP) is 1.86. The first-order valence-corrected chi connectivity index (χ1v) is 7.17. The van der Waals surface area contributed by atoms with Crippen LogP contribution in [0, 0.1) is 11.7 Å². The quantitative estimate of drug-likeness (QED) is 0.796. The summed E-state index contributed by atoms with van der Waals surface area (Å²) in [7, 11) is 0. The highest BCUT2D eigenvalue weighted by molar-refractivity contribution is 5.95. The molecule has 2 bridgehead atoms. The lowest BCUT2D eigenvalue weighted by molar-refractivity contribution is -0.120. The van der Waals surface area contributed by atoms with Crippen LogP contribution in [0.15, 0.2) is 18.2 Å². The number of rotatable bonds is 3. The number of nitrogens with one attached hydrogen (secondary N) is 3. The number of carbonyl (C=O) groups excluding carboxylic acids is 2. The molecule has 2 fully saturated rings. The molecule has 2 aliphatic heterocycles. The summed E-state index contributed by atoms with van der Waals surface area (Å²) in [5.74, 6) is -1.01. The van der Waals surface area contributed by atoms with Gasteiger partial charge in [-0.15, -0.1) is 0 Å². The minimum atomic E-state index is -0.506. The van der Waals surface area contributed by atoms with Gasteiger partial charge >= 0.3 is 0 Å². The lowest BCUT2D eigenvalue weighted by Crippen LogP contribution is -2.33. The molecule has 3 atom stereocenters. The number of halogens is 1. The molecule has 2 aliphatic rings. The van der Waals surface area contributed by atoms with Crippen molar-refractivity contribution in [2.24, 2.45) is 5.92 Å². The molecule has 6 heteroatoms. The Balaban J connectivity index is 1.71. The van der Waals surface area contributed by atoms with Crippen molar-refractivity contribution in [3.05, 3.63) is 24.0 Å². The molecule has 2 saturated heterocycles. The minimum absolute atomic E-state index is 0.104. The average molecular weight is 291 g/mol. The van der Waals surface area contributed by atoms with Crippen molar-refractivity contribution < 1.29 is 14.0 Å². The fourth-order valence-corrected chi connectivity index (χ4v) is 3.24. The van der Waals surface area contributed by atoms with E-state index >= 15 is 0 Å². The molecule has 0 saturated carbocycles. The van der Waals surface area contributed by atoms with E-state index in [2.05, 4.69) is 16.0 Å². The standard InChI is InChI=1S/C15H18FN3O2/c1-8(20)17-10-2-4-12(16)14(7-10)19-15(21)11-6-9-3-5-13(11)18-9/h2,4,7,9,11,13,18H,3,5-6H2,1H3,(H,17,20)(H,19,21). The number of anilines is 2. The van der Waals surface area contributed by atoms with Crippen LogP contribution in [-0.2, 0) is 9.59 Å². The highest BCUT2D eigenvalue weighted by Crippen LogP contribution is 2.34. The Morgan fingerprint density at radius 1 is 1.29 bits per heavy atom. The lowest BCUT2D eigenvalue weighted by atomic mass is 9.88. The smallest absolute Gasteiger partial charge is 0.229 e. The van der Waals surface area contributed by atoms with E-state index < -0.39 is 5.82 Å². The fourth-order valence-electron chi connectivity index (χ4n) is 3.24. The van der Waals surface area contributed by atoms with Gasteiger partial charge < -0.3 is 16.0 Å². The van der Waals surface area contributed by atoms with E-state index in [9.17, 15) is 14.0 Å². The molecule has 0 spiro atoms. The zero-order valence-corrected chi connectivity index (χ0v) is 11.8. The van der Waals surface area contributed by atoms with Gasteiger partial charge in [0.05, 0.1) is 11.6 Å². The van der Waals surface area contributed by atoms with E-state index in [1.807, 2.05) is 0 Å². The van der Waals surface area contributed by atoms with Crippen molar-refractivity contribution in [2.75, 3.05) is 10.6 Å². The number of amides is 2. The van der Waals surface area contributed by atoms with Crippen LogP contribution in [0.25, 0.3) is 0 Å². The third-order valence-corrected chi connectivity index (χ3v) is 4.18. The molecule has 0 radical (unpaired) electrons. The first kappa shape index (κ1) is 14.0. The van der Waals surface area contributed by atoms with Crippen LogP contribution in [0.1, 0.15) is 26.2 Å². The van der Waals surface area contributed by atoms with Gasteiger partial charge in [-0.3, -0.25) is 9.59 Å². The summed E-state index contributed by atoms with van der Waals surface area (Å²) in [6.45, 7) is 1.38. The first-order chi connectivity index (χ1) is 10.0. The number of fused-ring (bicyclic) bond motifs is 2. The molecule has 112 valence electrons. The summed E-state index contributed by atoms with van der Waals surface area (Å²) >= 11 is 0. The maximum Gasteiger partial charge on any atom is 0.229 e. The Kier molecular flexibility index (Phi) is 3.63. The summed E-state index contributed by atoms with van der Waals surface area (Å²) in [4.78, 5) is 23.3. The topological polar surface area (TPSA) is 70.2 Å². The van der Waals surface area contributed by atoms with E-state index in [-0.39, 0.29) is 29.5 Å². The third-order valence-electron chi connectivity index (χ3n) is 4.18. The minimum Gasteiger partial charge on any atom is -0.326 e. The summed E-state index contributed by atoms with van der Waals surface area (Å²) < 4.78 is 13.8. The van der Waals surface area contributed by atoms with Gasteiger partial charge in [0, 0.05) is 24.7 Å². The Morgan fingerprint density at radius 2 is 2.10 bits per heavy atom. The lowest BCUT2D eigenvalue weighted by Gasteiger charge is -2.19. The molecule has 1 aromatic carbocycles. The second-order valence-electron chi connectivity index (χ2n) is 5.75. The van der Waals surface area contributed by atoms with Gasteiger partial charge in [0.25, 0.3) is 0 Å². The number of hydrogen-bond donors (Lipinski definition) is 3. The van der Waals surface area contributed by atoms with Crippen molar-refractivity contribution >= 4 is 23.2 Å². The maximum atomic E-state index is 13.8. The molecule has 2 amide bonds. The third kappa shape index (κ3) is 2.90. The van der Waals surface area contributed by atoms with Crippen molar-refractivity contribution in [2.45, 2.75) is 38.3 Å². The summed E-state index contributed by atoms with van der Waals surface area (Å²) in [6.07, 6.45) is 2.92. The zero-order valence-electron chi connectivity index (χ0n) is 11.8.